The van der Waals surface area contributed by atoms with Gasteiger partial charge >= 0.3 is 6.03 Å². The van der Waals surface area contributed by atoms with Gasteiger partial charge in [0.1, 0.15) is 18.1 Å². The lowest BCUT2D eigenvalue weighted by Gasteiger charge is -2.23. The molecule has 0 saturated carbocycles. The molecule has 200 valence electrons. The normalized spacial score (nSPS) is 17.8. The van der Waals surface area contributed by atoms with E-state index in [0.717, 1.165) is 23.7 Å². The fraction of sp³-hybridized carbons (Fsp3) is 0.462. The average Bonchev–Trinajstić information content (AvgIpc) is 3.36. The summed E-state index contributed by atoms with van der Waals surface area (Å²) < 4.78 is 48.6. The maximum atomic E-state index is 14.9. The van der Waals surface area contributed by atoms with E-state index in [-0.39, 0.29) is 11.4 Å². The second-order valence-electron chi connectivity index (χ2n) is 11.0. The number of carbonyl (C=O) groups excluding carboxylic acids is 1. The number of nitrogens with one attached hydrogen (secondary N) is 2. The van der Waals surface area contributed by atoms with Gasteiger partial charge in [0.25, 0.3) is 0 Å². The number of hydrogen-bond donors (Lipinski definition) is 2. The number of urea groups is 1. The minimum absolute atomic E-state index is 0.0277. The Bertz CT molecular complexity index is 1260. The third-order valence-corrected chi connectivity index (χ3v) is 7.94. The first-order chi connectivity index (χ1) is 17.4. The largest absolute Gasteiger partial charge is 0.450 e. The summed E-state index contributed by atoms with van der Waals surface area (Å²) in [6.45, 7) is 12.5. The molecule has 1 aliphatic rings. The second kappa shape index (κ2) is 10.8. The van der Waals surface area contributed by atoms with Gasteiger partial charge in [0.15, 0.2) is 17.4 Å². The standard InChI is InChI=1S/C26H34F2N4O4Si/c1-17-14-32(16-35-10-11-37(3,4)5)24-22(17)21(6-8-29-24)36-23-19(27)12-18(13-20(23)28)30-25(33)31-26(2)7-9-34-15-26/h6,8,12-14H,7,9-11,15-16H2,1-5H3,(H2,30,31,33). The Morgan fingerprint density at radius 1 is 1.27 bits per heavy atom. The third-order valence-electron chi connectivity index (χ3n) is 6.24. The van der Waals surface area contributed by atoms with Crippen molar-refractivity contribution in [2.24, 2.45) is 0 Å². The van der Waals surface area contributed by atoms with E-state index in [1.807, 2.05) is 24.6 Å². The van der Waals surface area contributed by atoms with E-state index in [4.69, 9.17) is 14.2 Å². The Morgan fingerprint density at radius 3 is 2.65 bits per heavy atom. The van der Waals surface area contributed by atoms with E-state index in [1.54, 1.807) is 6.07 Å². The van der Waals surface area contributed by atoms with Gasteiger partial charge in [0, 0.05) is 51.5 Å². The number of ether oxygens (including phenoxy) is 3. The van der Waals surface area contributed by atoms with Crippen LogP contribution in [0.2, 0.25) is 25.7 Å². The molecular formula is C26H34F2N4O4Si. The molecule has 8 nitrogen and oxygen atoms in total. The first-order valence-electron chi connectivity index (χ1n) is 12.3. The van der Waals surface area contributed by atoms with Crippen LogP contribution in [0.25, 0.3) is 11.0 Å². The van der Waals surface area contributed by atoms with Gasteiger partial charge in [0.2, 0.25) is 0 Å². The first-order valence-corrected chi connectivity index (χ1v) is 16.0. The number of benzene rings is 1. The lowest BCUT2D eigenvalue weighted by Crippen LogP contribution is -2.48. The van der Waals surface area contributed by atoms with E-state index < -0.39 is 37.0 Å². The van der Waals surface area contributed by atoms with E-state index in [2.05, 4.69) is 35.3 Å². The number of anilines is 1. The number of hydrogen-bond acceptors (Lipinski definition) is 5. The highest BCUT2D eigenvalue weighted by Gasteiger charge is 2.31. The molecule has 4 rings (SSSR count). The summed E-state index contributed by atoms with van der Waals surface area (Å²) in [4.78, 5) is 16.8. The number of amides is 2. The molecule has 3 aromatic rings. The molecule has 0 bridgehead atoms. The van der Waals surface area contributed by atoms with Crippen LogP contribution >= 0.6 is 0 Å². The highest BCUT2D eigenvalue weighted by atomic mass is 28.3. The topological polar surface area (TPSA) is 86.6 Å². The van der Waals surface area contributed by atoms with Gasteiger partial charge in [-0.1, -0.05) is 19.6 Å². The maximum Gasteiger partial charge on any atom is 0.319 e. The predicted octanol–water partition coefficient (Wildman–Crippen LogP) is 6.03. The van der Waals surface area contributed by atoms with Crippen LogP contribution in [0.1, 0.15) is 18.9 Å². The van der Waals surface area contributed by atoms with Gasteiger partial charge in [-0.3, -0.25) is 0 Å². The Balaban J connectivity index is 1.49. The Labute approximate surface area is 216 Å². The van der Waals surface area contributed by atoms with Crippen molar-refractivity contribution in [1.82, 2.24) is 14.9 Å². The van der Waals surface area contributed by atoms with Gasteiger partial charge in [-0.2, -0.15) is 0 Å². The van der Waals surface area contributed by atoms with Crippen LogP contribution < -0.4 is 15.4 Å². The van der Waals surface area contributed by atoms with Crippen LogP contribution in [0.4, 0.5) is 19.3 Å². The van der Waals surface area contributed by atoms with Crippen LogP contribution in [0, 0.1) is 18.6 Å². The van der Waals surface area contributed by atoms with Crippen LogP contribution in [0.15, 0.2) is 30.6 Å². The summed E-state index contributed by atoms with van der Waals surface area (Å²) >= 11 is 0. The van der Waals surface area contributed by atoms with E-state index in [0.29, 0.717) is 44.0 Å². The molecule has 2 N–H and O–H groups in total. The number of pyridine rings is 1. The number of rotatable bonds is 9. The summed E-state index contributed by atoms with van der Waals surface area (Å²) in [5.74, 6) is -2.17. The minimum atomic E-state index is -1.20. The fourth-order valence-electron chi connectivity index (χ4n) is 4.15. The molecule has 1 aromatic carbocycles. The Hall–Kier alpha value is -3.02. The van der Waals surface area contributed by atoms with Gasteiger partial charge < -0.3 is 29.4 Å². The zero-order chi connectivity index (χ0) is 26.8. The number of carbonyl (C=O) groups is 1. The zero-order valence-electron chi connectivity index (χ0n) is 21.9. The molecule has 0 radical (unpaired) electrons. The molecule has 37 heavy (non-hydrogen) atoms. The lowest BCUT2D eigenvalue weighted by molar-refractivity contribution is 0.0898. The predicted molar refractivity (Wildman–Crippen MR) is 141 cm³/mol. The minimum Gasteiger partial charge on any atom is -0.450 e. The lowest BCUT2D eigenvalue weighted by atomic mass is 10.0. The molecule has 1 atom stereocenters. The van der Waals surface area contributed by atoms with Gasteiger partial charge in [-0.15, -0.1) is 0 Å². The molecule has 0 aliphatic carbocycles. The number of nitrogens with zero attached hydrogens (tertiary/aromatic N) is 2. The highest BCUT2D eigenvalue weighted by Crippen LogP contribution is 2.35. The smallest absolute Gasteiger partial charge is 0.319 e. The summed E-state index contributed by atoms with van der Waals surface area (Å²) in [5.41, 5.74) is 0.889. The van der Waals surface area contributed by atoms with Crippen LogP contribution in [-0.2, 0) is 16.2 Å². The number of aromatic nitrogens is 2. The fourth-order valence-corrected chi connectivity index (χ4v) is 4.90. The van der Waals surface area contributed by atoms with E-state index >= 15 is 0 Å². The van der Waals surface area contributed by atoms with Gasteiger partial charge in [-0.25, -0.2) is 18.6 Å². The average molecular weight is 533 g/mol. The summed E-state index contributed by atoms with van der Waals surface area (Å²) in [6, 6.07) is 4.09. The van der Waals surface area contributed by atoms with E-state index in [9.17, 15) is 13.6 Å². The zero-order valence-corrected chi connectivity index (χ0v) is 22.9. The van der Waals surface area contributed by atoms with Crippen LogP contribution in [0.3, 0.4) is 0 Å². The Morgan fingerprint density at radius 2 is 2.00 bits per heavy atom. The van der Waals surface area contributed by atoms with Crippen molar-refractivity contribution in [3.05, 3.63) is 47.8 Å². The quantitative estimate of drug-likeness (QED) is 0.260. The summed E-state index contributed by atoms with van der Waals surface area (Å²) in [7, 11) is -1.20. The second-order valence-corrected chi connectivity index (χ2v) is 16.6. The SMILES string of the molecule is Cc1cn(COCC[Si](C)(C)C)c2nccc(Oc3c(F)cc(NC(=O)NC4(C)CCOC4)cc3F)c12. The van der Waals surface area contributed by atoms with Crippen molar-refractivity contribution in [2.75, 3.05) is 25.1 Å². The summed E-state index contributed by atoms with van der Waals surface area (Å²) in [5, 5.41) is 5.90. The molecule has 1 saturated heterocycles. The molecule has 3 heterocycles. The monoisotopic (exact) mass is 532 g/mol. The number of fused-ring (bicyclic) bond motifs is 1. The Kier molecular flexibility index (Phi) is 7.86. The maximum absolute atomic E-state index is 14.9. The molecule has 11 heteroatoms. The highest BCUT2D eigenvalue weighted by molar-refractivity contribution is 6.76. The van der Waals surface area contributed by atoms with Crippen molar-refractivity contribution in [2.45, 2.75) is 58.2 Å². The first kappa shape index (κ1) is 27.0. The number of halogens is 2. The molecular weight excluding hydrogens is 498 g/mol. The molecule has 2 amide bonds. The van der Waals surface area contributed by atoms with Crippen molar-refractivity contribution in [3.63, 3.8) is 0 Å². The molecule has 1 aliphatic heterocycles. The van der Waals surface area contributed by atoms with Crippen molar-refractivity contribution in [1.29, 1.82) is 0 Å². The van der Waals surface area contributed by atoms with Crippen molar-refractivity contribution < 1.29 is 27.8 Å². The van der Waals surface area contributed by atoms with Gasteiger partial charge in [-0.05, 0) is 37.9 Å². The molecule has 1 unspecified atom stereocenters. The van der Waals surface area contributed by atoms with Crippen LogP contribution in [0.5, 0.6) is 11.5 Å². The van der Waals surface area contributed by atoms with Crippen LogP contribution in [-0.4, -0.2) is 49.0 Å². The molecule has 1 fully saturated rings. The summed E-state index contributed by atoms with van der Waals surface area (Å²) in [6.07, 6.45) is 4.06. The third kappa shape index (κ3) is 6.65. The van der Waals surface area contributed by atoms with Crippen molar-refractivity contribution in [3.8, 4) is 11.5 Å². The number of aryl methyl sites for hydroxylation is 1. The van der Waals surface area contributed by atoms with E-state index in [1.165, 1.54) is 6.20 Å². The van der Waals surface area contributed by atoms with Crippen molar-refractivity contribution >= 4 is 30.8 Å². The molecule has 2 aromatic heterocycles. The van der Waals surface area contributed by atoms with Gasteiger partial charge in [0.05, 0.1) is 17.5 Å². The molecule has 0 spiro atoms.